The molecule has 0 bridgehead atoms. The first-order valence-electron chi connectivity index (χ1n) is 7.81. The molecule has 0 aliphatic rings. The normalized spacial score (nSPS) is 9.89. The molecule has 0 aliphatic heterocycles. The Morgan fingerprint density at radius 3 is 2.52 bits per heavy atom. The highest BCUT2D eigenvalue weighted by Gasteiger charge is 2.21. The van der Waals surface area contributed by atoms with Crippen LogP contribution in [0.25, 0.3) is 0 Å². The van der Waals surface area contributed by atoms with Crippen molar-refractivity contribution in [3.8, 4) is 11.8 Å². The Morgan fingerprint density at radius 2 is 1.93 bits per heavy atom. The van der Waals surface area contributed by atoms with Gasteiger partial charge in [-0.25, -0.2) is 0 Å². The number of nitrogens with zero attached hydrogens (tertiary/aromatic N) is 2. The smallest absolute Gasteiger partial charge is 0.305 e. The minimum absolute atomic E-state index is 0.142. The molecule has 0 fully saturated rings. The number of nitriles is 1. The molecular formula is C18H15N3O6. The third kappa shape index (κ3) is 5.54. The molecule has 9 heteroatoms. The summed E-state index contributed by atoms with van der Waals surface area (Å²) < 4.78 is 5.55. The molecule has 138 valence electrons. The highest BCUT2D eigenvalue weighted by Crippen LogP contribution is 2.25. The fourth-order valence-electron chi connectivity index (χ4n) is 2.17. The van der Waals surface area contributed by atoms with E-state index in [1.54, 1.807) is 24.3 Å². The van der Waals surface area contributed by atoms with Crippen molar-refractivity contribution in [3.05, 3.63) is 69.3 Å². The van der Waals surface area contributed by atoms with Gasteiger partial charge in [-0.05, 0) is 29.8 Å². The van der Waals surface area contributed by atoms with Crippen LogP contribution in [-0.4, -0.2) is 28.5 Å². The molecule has 27 heavy (non-hydrogen) atoms. The minimum atomic E-state index is -1.09. The van der Waals surface area contributed by atoms with Crippen molar-refractivity contribution in [2.45, 2.75) is 13.0 Å². The van der Waals surface area contributed by atoms with Gasteiger partial charge in [0.05, 0.1) is 23.0 Å². The molecule has 0 aromatic heterocycles. The van der Waals surface area contributed by atoms with E-state index in [4.69, 9.17) is 15.1 Å². The van der Waals surface area contributed by atoms with Crippen molar-refractivity contribution in [2.75, 3.05) is 6.54 Å². The molecule has 0 atom stereocenters. The van der Waals surface area contributed by atoms with Gasteiger partial charge in [0.25, 0.3) is 11.6 Å². The number of ether oxygens (including phenoxy) is 1. The van der Waals surface area contributed by atoms with E-state index < -0.39 is 22.5 Å². The first-order valence-corrected chi connectivity index (χ1v) is 7.81. The Bertz CT molecular complexity index is 902. The molecule has 9 nitrogen and oxygen atoms in total. The van der Waals surface area contributed by atoms with Crippen LogP contribution in [0.3, 0.4) is 0 Å². The van der Waals surface area contributed by atoms with Crippen molar-refractivity contribution in [2.24, 2.45) is 0 Å². The van der Waals surface area contributed by atoms with Crippen LogP contribution in [0.5, 0.6) is 5.75 Å². The predicted octanol–water partition coefficient (Wildman–Crippen LogP) is 2.25. The molecule has 0 saturated carbocycles. The number of aliphatic carboxylic acids is 1. The number of hydrogen-bond donors (Lipinski definition) is 2. The number of hydrogen-bond acceptors (Lipinski definition) is 6. The van der Waals surface area contributed by atoms with Gasteiger partial charge in [-0.1, -0.05) is 12.1 Å². The molecule has 0 radical (unpaired) electrons. The Labute approximate surface area is 154 Å². The lowest BCUT2D eigenvalue weighted by molar-refractivity contribution is -0.385. The number of carbonyl (C=O) groups is 2. The van der Waals surface area contributed by atoms with Crippen LogP contribution >= 0.6 is 0 Å². The van der Waals surface area contributed by atoms with Gasteiger partial charge in [0.2, 0.25) is 0 Å². The van der Waals surface area contributed by atoms with E-state index in [2.05, 4.69) is 5.32 Å². The van der Waals surface area contributed by atoms with Crippen LogP contribution in [0.4, 0.5) is 5.69 Å². The third-order valence-corrected chi connectivity index (χ3v) is 3.52. The Kier molecular flexibility index (Phi) is 6.44. The lowest BCUT2D eigenvalue weighted by Gasteiger charge is -2.09. The average molecular weight is 369 g/mol. The Hall–Kier alpha value is -3.93. The number of rotatable bonds is 8. The quantitative estimate of drug-likeness (QED) is 0.536. The van der Waals surface area contributed by atoms with E-state index in [9.17, 15) is 19.7 Å². The maximum Gasteiger partial charge on any atom is 0.305 e. The number of amides is 1. The van der Waals surface area contributed by atoms with Gasteiger partial charge in [-0.3, -0.25) is 19.7 Å². The first kappa shape index (κ1) is 19.4. The van der Waals surface area contributed by atoms with Crippen LogP contribution in [0.2, 0.25) is 0 Å². The zero-order valence-corrected chi connectivity index (χ0v) is 14.0. The lowest BCUT2D eigenvalue weighted by atomic mass is 10.1. The maximum absolute atomic E-state index is 12.2. The standard InChI is InChI=1S/C18H15N3O6/c19-10-12-1-3-13(4-2-12)11-27-14-5-6-16(21(25)26)15(9-14)18(24)20-8-7-17(22)23/h1-6,9H,7-8,11H2,(H,20,24)(H,22,23). The third-order valence-electron chi connectivity index (χ3n) is 3.52. The molecule has 0 heterocycles. The van der Waals surface area contributed by atoms with Crippen molar-refractivity contribution in [1.29, 1.82) is 5.26 Å². The summed E-state index contributed by atoms with van der Waals surface area (Å²) in [6, 6.07) is 12.5. The number of carboxylic acids is 1. The number of carbonyl (C=O) groups excluding carboxylic acids is 1. The summed E-state index contributed by atoms with van der Waals surface area (Å²) >= 11 is 0. The molecule has 1 amide bonds. The number of carboxylic acid groups (broad SMARTS) is 1. The van der Waals surface area contributed by atoms with E-state index in [-0.39, 0.29) is 30.9 Å². The van der Waals surface area contributed by atoms with Crippen LogP contribution in [-0.2, 0) is 11.4 Å². The Balaban J connectivity index is 2.13. The van der Waals surface area contributed by atoms with Gasteiger partial charge in [0.1, 0.15) is 17.9 Å². The molecule has 0 aliphatic carbocycles. The summed E-state index contributed by atoms with van der Waals surface area (Å²) in [6.45, 7) is -0.00869. The summed E-state index contributed by atoms with van der Waals surface area (Å²) in [5.74, 6) is -1.61. The van der Waals surface area contributed by atoms with Crippen molar-refractivity contribution in [3.63, 3.8) is 0 Å². The zero-order valence-electron chi connectivity index (χ0n) is 14.0. The van der Waals surface area contributed by atoms with Gasteiger partial charge >= 0.3 is 5.97 Å². The van der Waals surface area contributed by atoms with E-state index in [1.807, 2.05) is 6.07 Å². The van der Waals surface area contributed by atoms with Gasteiger partial charge < -0.3 is 15.2 Å². The summed E-state index contributed by atoms with van der Waals surface area (Å²) in [5, 5.41) is 30.8. The fourth-order valence-corrected chi connectivity index (χ4v) is 2.17. The first-order chi connectivity index (χ1) is 12.9. The predicted molar refractivity (Wildman–Crippen MR) is 93.2 cm³/mol. The molecule has 0 unspecified atom stereocenters. The average Bonchev–Trinajstić information content (AvgIpc) is 2.66. The molecule has 0 spiro atoms. The summed E-state index contributed by atoms with van der Waals surface area (Å²) in [5.41, 5.74) is 0.658. The van der Waals surface area contributed by atoms with Crippen LogP contribution in [0.1, 0.15) is 27.9 Å². The lowest BCUT2D eigenvalue weighted by Crippen LogP contribution is -2.26. The van der Waals surface area contributed by atoms with Gasteiger partial charge in [-0.15, -0.1) is 0 Å². The number of nitro benzene ring substituents is 1. The number of nitrogens with one attached hydrogen (secondary N) is 1. The zero-order chi connectivity index (χ0) is 19.8. The summed E-state index contributed by atoms with van der Waals surface area (Å²) in [6.07, 6.45) is -0.297. The minimum Gasteiger partial charge on any atom is -0.489 e. The van der Waals surface area contributed by atoms with Crippen molar-refractivity contribution < 1.29 is 24.4 Å². The molecule has 2 rings (SSSR count). The second-order valence-electron chi connectivity index (χ2n) is 5.43. The molecule has 0 saturated heterocycles. The Morgan fingerprint density at radius 1 is 1.22 bits per heavy atom. The van der Waals surface area contributed by atoms with Crippen molar-refractivity contribution in [1.82, 2.24) is 5.32 Å². The van der Waals surface area contributed by atoms with Gasteiger partial charge in [-0.2, -0.15) is 5.26 Å². The molecule has 2 aromatic rings. The second-order valence-corrected chi connectivity index (χ2v) is 5.43. The largest absolute Gasteiger partial charge is 0.489 e. The van der Waals surface area contributed by atoms with Gasteiger partial charge in [0.15, 0.2) is 0 Å². The van der Waals surface area contributed by atoms with Crippen LogP contribution in [0, 0.1) is 21.4 Å². The fraction of sp³-hybridized carbons (Fsp3) is 0.167. The number of benzene rings is 2. The van der Waals surface area contributed by atoms with E-state index >= 15 is 0 Å². The molecule has 2 N–H and O–H groups in total. The van der Waals surface area contributed by atoms with E-state index in [0.29, 0.717) is 5.56 Å². The summed E-state index contributed by atoms with van der Waals surface area (Å²) in [4.78, 5) is 33.1. The maximum atomic E-state index is 12.2. The molecule has 2 aromatic carbocycles. The summed E-state index contributed by atoms with van der Waals surface area (Å²) in [7, 11) is 0. The van der Waals surface area contributed by atoms with Crippen LogP contribution in [0.15, 0.2) is 42.5 Å². The SMILES string of the molecule is N#Cc1ccc(COc2ccc([N+](=O)[O-])c(C(=O)NCCC(=O)O)c2)cc1. The van der Waals surface area contributed by atoms with Crippen LogP contribution < -0.4 is 10.1 Å². The van der Waals surface area contributed by atoms with E-state index in [1.165, 1.54) is 12.1 Å². The monoisotopic (exact) mass is 369 g/mol. The topological polar surface area (TPSA) is 143 Å². The second kappa shape index (κ2) is 8.96. The highest BCUT2D eigenvalue weighted by molar-refractivity contribution is 5.98. The van der Waals surface area contributed by atoms with Crippen molar-refractivity contribution >= 4 is 17.6 Å². The highest BCUT2D eigenvalue weighted by atomic mass is 16.6. The van der Waals surface area contributed by atoms with Gasteiger partial charge in [0, 0.05) is 12.6 Å². The van der Waals surface area contributed by atoms with E-state index in [0.717, 1.165) is 11.6 Å². The number of nitro groups is 1. The molecular weight excluding hydrogens is 354 g/mol.